The molecule has 88 valence electrons. The summed E-state index contributed by atoms with van der Waals surface area (Å²) in [5.74, 6) is 0.936. The summed E-state index contributed by atoms with van der Waals surface area (Å²) < 4.78 is 4.87. The number of nitro groups is 1. The summed E-state index contributed by atoms with van der Waals surface area (Å²) in [6.45, 7) is 0.379. The maximum Gasteiger partial charge on any atom is 0.311 e. The quantitative estimate of drug-likeness (QED) is 0.602. The molecule has 2 rings (SSSR count). The first kappa shape index (κ1) is 10.9. The van der Waals surface area contributed by atoms with Gasteiger partial charge in [-0.1, -0.05) is 5.16 Å². The fourth-order valence-electron chi connectivity index (χ4n) is 1.23. The largest absolute Gasteiger partial charge is 0.378 e. The molecule has 0 aliphatic carbocycles. The molecule has 0 atom stereocenters. The zero-order valence-corrected chi connectivity index (χ0v) is 8.66. The van der Waals surface area contributed by atoms with Crippen LogP contribution in [0.3, 0.4) is 0 Å². The Morgan fingerprint density at radius 1 is 1.47 bits per heavy atom. The van der Waals surface area contributed by atoms with E-state index in [9.17, 15) is 10.1 Å². The Hall–Kier alpha value is -2.64. The molecule has 0 fully saturated rings. The van der Waals surface area contributed by atoms with Gasteiger partial charge >= 0.3 is 5.69 Å². The second-order valence-electron chi connectivity index (χ2n) is 3.19. The second kappa shape index (κ2) is 4.47. The highest BCUT2D eigenvalue weighted by atomic mass is 16.6. The normalized spacial score (nSPS) is 10.1. The number of nitrogens with zero attached hydrogens (tertiary/aromatic N) is 3. The molecule has 0 radical (unpaired) electrons. The van der Waals surface area contributed by atoms with Crippen LogP contribution in [0.5, 0.6) is 0 Å². The van der Waals surface area contributed by atoms with Crippen LogP contribution in [0.1, 0.15) is 5.76 Å². The van der Waals surface area contributed by atoms with Gasteiger partial charge in [0.15, 0.2) is 5.76 Å². The van der Waals surface area contributed by atoms with Crippen molar-refractivity contribution in [2.24, 2.45) is 0 Å². The third-order valence-corrected chi connectivity index (χ3v) is 2.03. The van der Waals surface area contributed by atoms with Crippen molar-refractivity contribution in [2.45, 2.75) is 6.54 Å². The zero-order valence-electron chi connectivity index (χ0n) is 8.66. The molecule has 0 spiro atoms. The van der Waals surface area contributed by atoms with Crippen LogP contribution in [0.25, 0.3) is 0 Å². The summed E-state index contributed by atoms with van der Waals surface area (Å²) >= 11 is 0. The summed E-state index contributed by atoms with van der Waals surface area (Å²) in [5, 5.41) is 17.0. The van der Waals surface area contributed by atoms with Crippen molar-refractivity contribution in [1.82, 2.24) is 10.1 Å². The molecule has 0 amide bonds. The molecule has 0 unspecified atom stereocenters. The van der Waals surface area contributed by atoms with Crippen LogP contribution in [-0.2, 0) is 6.54 Å². The van der Waals surface area contributed by atoms with Gasteiger partial charge in [0.05, 0.1) is 17.7 Å². The van der Waals surface area contributed by atoms with E-state index in [1.807, 2.05) is 0 Å². The minimum atomic E-state index is -0.581. The van der Waals surface area contributed by atoms with Crippen molar-refractivity contribution in [1.29, 1.82) is 0 Å². The van der Waals surface area contributed by atoms with E-state index >= 15 is 0 Å². The lowest BCUT2D eigenvalue weighted by Crippen LogP contribution is -2.04. The highest BCUT2D eigenvalue weighted by Crippen LogP contribution is 2.20. The smallest absolute Gasteiger partial charge is 0.311 e. The Labute approximate surface area is 95.6 Å². The van der Waals surface area contributed by atoms with Gasteiger partial charge in [0, 0.05) is 12.1 Å². The molecule has 8 heteroatoms. The number of nitrogens with one attached hydrogen (secondary N) is 1. The van der Waals surface area contributed by atoms with E-state index in [1.165, 1.54) is 18.3 Å². The first-order valence-corrected chi connectivity index (χ1v) is 4.71. The third kappa shape index (κ3) is 2.48. The first-order chi connectivity index (χ1) is 8.16. The molecule has 8 nitrogen and oxygen atoms in total. The standard InChI is InChI=1S/C9H9N5O3/c10-9-7(14(15)16)1-2-8(13-9)11-5-6-3-4-12-17-6/h1-4H,5H2,(H3,10,11,13). The number of aromatic nitrogens is 2. The van der Waals surface area contributed by atoms with Gasteiger partial charge in [-0.25, -0.2) is 4.98 Å². The van der Waals surface area contributed by atoms with Crippen molar-refractivity contribution < 1.29 is 9.45 Å². The summed E-state index contributed by atoms with van der Waals surface area (Å²) in [4.78, 5) is 13.8. The molecular weight excluding hydrogens is 226 g/mol. The molecule has 0 saturated heterocycles. The van der Waals surface area contributed by atoms with Crippen LogP contribution in [0.15, 0.2) is 28.9 Å². The van der Waals surface area contributed by atoms with E-state index in [2.05, 4.69) is 15.5 Å². The summed E-state index contributed by atoms with van der Waals surface area (Å²) in [6.07, 6.45) is 1.52. The number of hydrogen-bond donors (Lipinski definition) is 2. The first-order valence-electron chi connectivity index (χ1n) is 4.71. The van der Waals surface area contributed by atoms with Crippen LogP contribution in [-0.4, -0.2) is 15.1 Å². The van der Waals surface area contributed by atoms with Crippen LogP contribution in [0.4, 0.5) is 17.3 Å². The third-order valence-electron chi connectivity index (χ3n) is 2.03. The predicted octanol–water partition coefficient (Wildman–Crippen LogP) is 1.17. The highest BCUT2D eigenvalue weighted by molar-refractivity contribution is 5.57. The second-order valence-corrected chi connectivity index (χ2v) is 3.19. The highest BCUT2D eigenvalue weighted by Gasteiger charge is 2.12. The van der Waals surface area contributed by atoms with Crippen molar-refractivity contribution in [3.05, 3.63) is 40.3 Å². The fourth-order valence-corrected chi connectivity index (χ4v) is 1.23. The Kier molecular flexibility index (Phi) is 2.86. The van der Waals surface area contributed by atoms with Gasteiger partial charge < -0.3 is 15.6 Å². The summed E-state index contributed by atoms with van der Waals surface area (Å²) in [5.41, 5.74) is 5.23. The predicted molar refractivity (Wildman–Crippen MR) is 59.1 cm³/mol. The number of pyridine rings is 1. The maximum atomic E-state index is 10.5. The number of hydrogen-bond acceptors (Lipinski definition) is 7. The van der Waals surface area contributed by atoms with Crippen LogP contribution >= 0.6 is 0 Å². The van der Waals surface area contributed by atoms with Crippen LogP contribution in [0, 0.1) is 10.1 Å². The molecule has 0 aliphatic heterocycles. The van der Waals surface area contributed by atoms with Crippen molar-refractivity contribution in [2.75, 3.05) is 11.1 Å². The molecule has 0 bridgehead atoms. The monoisotopic (exact) mass is 235 g/mol. The minimum Gasteiger partial charge on any atom is -0.378 e. The number of anilines is 2. The molecule has 0 saturated carbocycles. The minimum absolute atomic E-state index is 0.127. The van der Waals surface area contributed by atoms with E-state index in [0.29, 0.717) is 18.1 Å². The lowest BCUT2D eigenvalue weighted by molar-refractivity contribution is -0.384. The Morgan fingerprint density at radius 3 is 2.88 bits per heavy atom. The Balaban J connectivity index is 2.07. The number of rotatable bonds is 4. The molecular formula is C9H9N5O3. The van der Waals surface area contributed by atoms with E-state index in [1.54, 1.807) is 6.07 Å². The van der Waals surface area contributed by atoms with Crippen LogP contribution < -0.4 is 11.1 Å². The van der Waals surface area contributed by atoms with Gasteiger partial charge in [0.1, 0.15) is 5.82 Å². The van der Waals surface area contributed by atoms with Crippen molar-refractivity contribution >= 4 is 17.3 Å². The van der Waals surface area contributed by atoms with Gasteiger partial charge in [-0.15, -0.1) is 0 Å². The summed E-state index contributed by atoms with van der Waals surface area (Å²) in [7, 11) is 0. The van der Waals surface area contributed by atoms with Crippen molar-refractivity contribution in [3.63, 3.8) is 0 Å². The topological polar surface area (TPSA) is 120 Å². The van der Waals surface area contributed by atoms with Gasteiger partial charge in [0.2, 0.25) is 5.82 Å². The van der Waals surface area contributed by atoms with Crippen molar-refractivity contribution in [3.8, 4) is 0 Å². The summed E-state index contributed by atoms with van der Waals surface area (Å²) in [6, 6.07) is 4.47. The van der Waals surface area contributed by atoms with Gasteiger partial charge in [-0.2, -0.15) is 0 Å². The van der Waals surface area contributed by atoms with Gasteiger partial charge in [-0.3, -0.25) is 10.1 Å². The molecule has 2 aromatic heterocycles. The van der Waals surface area contributed by atoms with E-state index in [4.69, 9.17) is 10.3 Å². The van der Waals surface area contributed by atoms with Gasteiger partial charge in [0.25, 0.3) is 0 Å². The number of nitrogen functional groups attached to an aromatic ring is 1. The SMILES string of the molecule is Nc1nc(NCc2ccno2)ccc1[N+](=O)[O-]. The molecule has 0 aromatic carbocycles. The number of nitrogens with two attached hydrogens (primary N) is 1. The molecule has 17 heavy (non-hydrogen) atoms. The maximum absolute atomic E-state index is 10.5. The van der Waals surface area contributed by atoms with E-state index < -0.39 is 4.92 Å². The van der Waals surface area contributed by atoms with Gasteiger partial charge in [-0.05, 0) is 6.07 Å². The van der Waals surface area contributed by atoms with E-state index in [0.717, 1.165) is 0 Å². The molecule has 2 aromatic rings. The Bertz CT molecular complexity index is 525. The zero-order chi connectivity index (χ0) is 12.3. The molecule has 0 aliphatic rings. The molecule has 3 N–H and O–H groups in total. The van der Waals surface area contributed by atoms with Crippen LogP contribution in [0.2, 0.25) is 0 Å². The average molecular weight is 235 g/mol. The van der Waals surface area contributed by atoms with E-state index in [-0.39, 0.29) is 11.5 Å². The lowest BCUT2D eigenvalue weighted by atomic mass is 10.3. The Morgan fingerprint density at radius 2 is 2.29 bits per heavy atom. The average Bonchev–Trinajstić information content (AvgIpc) is 2.78. The lowest BCUT2D eigenvalue weighted by Gasteiger charge is -2.03. The fraction of sp³-hybridized carbons (Fsp3) is 0.111. The molecule has 2 heterocycles.